The third kappa shape index (κ3) is 8.02. The summed E-state index contributed by atoms with van der Waals surface area (Å²) in [6, 6.07) is 0. The Balaban J connectivity index is 3.90. The second kappa shape index (κ2) is 11.3. The summed E-state index contributed by atoms with van der Waals surface area (Å²) < 4.78 is 10.6. The molecule has 0 saturated heterocycles. The highest BCUT2D eigenvalue weighted by atomic mass is 28.2. The van der Waals surface area contributed by atoms with Crippen molar-refractivity contribution in [1.82, 2.24) is 0 Å². The van der Waals surface area contributed by atoms with E-state index in [1.54, 1.807) is 14.2 Å². The monoisotopic (exact) mass is 245 g/mol. The van der Waals surface area contributed by atoms with E-state index in [1.165, 1.54) is 19.3 Å². The average Bonchev–Trinajstić information content (AvgIpc) is 2.31. The number of nitrogens with zero attached hydrogens (tertiary/aromatic N) is 1. The quantitative estimate of drug-likeness (QED) is 0.335. The van der Waals surface area contributed by atoms with E-state index in [4.69, 9.17) is 9.47 Å². The van der Waals surface area contributed by atoms with Gasteiger partial charge in [-0.25, -0.2) is 0 Å². The molecule has 0 heterocycles. The Bertz CT molecular complexity index is 172. The summed E-state index contributed by atoms with van der Waals surface area (Å²) in [4.78, 5) is 4.39. The summed E-state index contributed by atoms with van der Waals surface area (Å²) in [6.07, 6.45) is 6.77. The summed E-state index contributed by atoms with van der Waals surface area (Å²) in [5, 5.41) is 0. The van der Waals surface area contributed by atoms with Gasteiger partial charge in [-0.1, -0.05) is 26.7 Å². The second-order valence-electron chi connectivity index (χ2n) is 4.08. The molecule has 1 unspecified atom stereocenters. The van der Waals surface area contributed by atoms with E-state index >= 15 is 0 Å². The topological polar surface area (TPSA) is 30.8 Å². The molecule has 0 aliphatic carbocycles. The van der Waals surface area contributed by atoms with E-state index in [9.17, 15) is 0 Å². The third-order valence-electron chi connectivity index (χ3n) is 2.73. The maximum atomic E-state index is 5.30. The van der Waals surface area contributed by atoms with Gasteiger partial charge in [-0.3, -0.25) is 4.99 Å². The summed E-state index contributed by atoms with van der Waals surface area (Å²) in [5.41, 5.74) is 0.795. The number of aliphatic imine (C=N–C) groups is 1. The Morgan fingerprint density at radius 1 is 1.19 bits per heavy atom. The predicted molar refractivity (Wildman–Crippen MR) is 73.3 cm³/mol. The van der Waals surface area contributed by atoms with E-state index in [2.05, 4.69) is 18.8 Å². The maximum Gasteiger partial charge on any atom is 0.134 e. The van der Waals surface area contributed by atoms with Crippen molar-refractivity contribution in [2.24, 2.45) is 4.99 Å². The minimum absolute atomic E-state index is 0.0757. The number of ether oxygens (including phenoxy) is 2. The largest absolute Gasteiger partial charge is 0.360 e. The van der Waals surface area contributed by atoms with Gasteiger partial charge in [0.25, 0.3) is 0 Å². The van der Waals surface area contributed by atoms with Crippen molar-refractivity contribution < 1.29 is 9.47 Å². The Morgan fingerprint density at radius 2 is 1.88 bits per heavy atom. The first-order chi connectivity index (χ1) is 7.78. The van der Waals surface area contributed by atoms with E-state index in [-0.39, 0.29) is 15.4 Å². The van der Waals surface area contributed by atoms with Crippen LogP contribution in [0.3, 0.4) is 0 Å². The third-order valence-corrected chi connectivity index (χ3v) is 5.26. The Morgan fingerprint density at radius 3 is 2.38 bits per heavy atom. The Hall–Kier alpha value is -0.193. The molecule has 0 amide bonds. The van der Waals surface area contributed by atoms with Crippen molar-refractivity contribution in [2.75, 3.05) is 20.8 Å². The smallest absolute Gasteiger partial charge is 0.134 e. The lowest BCUT2D eigenvalue weighted by Gasteiger charge is -2.20. The zero-order chi connectivity index (χ0) is 12.2. The molecular weight excluding hydrogens is 218 g/mol. The molecule has 0 aromatic heterocycles. The van der Waals surface area contributed by atoms with Crippen molar-refractivity contribution >= 4 is 15.7 Å². The molecule has 0 N–H and O–H groups in total. The molecule has 1 atom stereocenters. The second-order valence-corrected chi connectivity index (χ2v) is 6.37. The first kappa shape index (κ1) is 15.8. The van der Waals surface area contributed by atoms with Gasteiger partial charge in [-0.05, 0) is 24.6 Å². The van der Waals surface area contributed by atoms with Gasteiger partial charge in [0.1, 0.15) is 5.91 Å². The molecule has 96 valence electrons. The van der Waals surface area contributed by atoms with Gasteiger partial charge in [0.15, 0.2) is 0 Å². The minimum atomic E-state index is -0.324. The Labute approximate surface area is 102 Å². The summed E-state index contributed by atoms with van der Waals surface area (Å²) >= 11 is 0. The normalized spacial score (nSPS) is 14.6. The maximum absolute atomic E-state index is 5.30. The molecule has 0 radical (unpaired) electrons. The fraction of sp³-hybridized carbons (Fsp3) is 0.917. The predicted octanol–water partition coefficient (Wildman–Crippen LogP) is 2.19. The molecule has 0 aromatic rings. The fourth-order valence-corrected chi connectivity index (χ4v) is 3.82. The molecule has 0 fully saturated rings. The first-order valence-corrected chi connectivity index (χ1v) is 7.95. The molecular formula is C12H27NO2Si. The van der Waals surface area contributed by atoms with Crippen LogP contribution in [0.2, 0.25) is 5.54 Å². The van der Waals surface area contributed by atoms with E-state index in [0.717, 1.165) is 18.5 Å². The van der Waals surface area contributed by atoms with Gasteiger partial charge in [-0.2, -0.15) is 0 Å². The van der Waals surface area contributed by atoms with Gasteiger partial charge >= 0.3 is 0 Å². The summed E-state index contributed by atoms with van der Waals surface area (Å²) in [5.74, 6) is 0.0757. The standard InChI is InChI=1S/C12H27NO2Si/c1-5-7-11(8-10-13-9-6-2)16-12(14-3)15-4/h9,11-12H,5-8,10,16H2,1-4H3. The molecule has 0 aliphatic rings. The van der Waals surface area contributed by atoms with Gasteiger partial charge in [0, 0.05) is 20.8 Å². The highest BCUT2D eigenvalue weighted by Gasteiger charge is 2.15. The van der Waals surface area contributed by atoms with Crippen molar-refractivity contribution in [3.63, 3.8) is 0 Å². The van der Waals surface area contributed by atoms with Crippen LogP contribution in [0, 0.1) is 0 Å². The van der Waals surface area contributed by atoms with Gasteiger partial charge in [-0.15, -0.1) is 0 Å². The van der Waals surface area contributed by atoms with Gasteiger partial charge in [0.2, 0.25) is 0 Å². The van der Waals surface area contributed by atoms with Crippen LogP contribution in [-0.2, 0) is 9.47 Å². The van der Waals surface area contributed by atoms with Crippen LogP contribution in [0.5, 0.6) is 0 Å². The highest BCUT2D eigenvalue weighted by molar-refractivity contribution is 6.38. The van der Waals surface area contributed by atoms with E-state index < -0.39 is 0 Å². The first-order valence-electron chi connectivity index (χ1n) is 6.32. The Kier molecular flexibility index (Phi) is 11.2. The van der Waals surface area contributed by atoms with Gasteiger partial charge in [0.05, 0.1) is 9.52 Å². The van der Waals surface area contributed by atoms with Crippen LogP contribution in [0.1, 0.15) is 39.5 Å². The number of methoxy groups -OCH3 is 2. The highest BCUT2D eigenvalue weighted by Crippen LogP contribution is 2.18. The zero-order valence-corrected chi connectivity index (χ0v) is 12.7. The van der Waals surface area contributed by atoms with Crippen molar-refractivity contribution in [3.05, 3.63) is 0 Å². The van der Waals surface area contributed by atoms with E-state index in [0.29, 0.717) is 0 Å². The van der Waals surface area contributed by atoms with Crippen LogP contribution >= 0.6 is 0 Å². The van der Waals surface area contributed by atoms with Crippen LogP contribution in [0.4, 0.5) is 0 Å². The summed E-state index contributed by atoms with van der Waals surface area (Å²) in [7, 11) is 3.15. The molecule has 4 heteroatoms. The number of hydrogen-bond acceptors (Lipinski definition) is 3. The fourth-order valence-electron chi connectivity index (χ4n) is 1.83. The van der Waals surface area contributed by atoms with Crippen molar-refractivity contribution in [2.45, 2.75) is 51.0 Å². The zero-order valence-electron chi connectivity index (χ0n) is 11.2. The van der Waals surface area contributed by atoms with Crippen molar-refractivity contribution in [1.29, 1.82) is 0 Å². The molecule has 0 spiro atoms. The van der Waals surface area contributed by atoms with Crippen molar-refractivity contribution in [3.8, 4) is 0 Å². The average molecular weight is 245 g/mol. The van der Waals surface area contributed by atoms with Crippen LogP contribution in [0.25, 0.3) is 0 Å². The molecule has 16 heavy (non-hydrogen) atoms. The van der Waals surface area contributed by atoms with Crippen LogP contribution < -0.4 is 0 Å². The lowest BCUT2D eigenvalue weighted by Crippen LogP contribution is -2.25. The molecule has 3 nitrogen and oxygen atoms in total. The SMILES string of the molecule is CCC=NCCC(CCC)[SiH2]C(OC)OC. The lowest BCUT2D eigenvalue weighted by molar-refractivity contribution is -0.0449. The molecule has 0 aromatic carbocycles. The van der Waals surface area contributed by atoms with E-state index in [1.807, 2.05) is 6.21 Å². The van der Waals surface area contributed by atoms with Crippen LogP contribution in [-0.4, -0.2) is 42.4 Å². The number of hydrogen-bond donors (Lipinski definition) is 0. The summed E-state index contributed by atoms with van der Waals surface area (Å²) in [6.45, 7) is 5.32. The number of rotatable bonds is 10. The molecule has 0 aliphatic heterocycles. The lowest BCUT2D eigenvalue weighted by atomic mass is 10.2. The van der Waals surface area contributed by atoms with Gasteiger partial charge < -0.3 is 9.47 Å². The molecule has 0 bridgehead atoms. The minimum Gasteiger partial charge on any atom is -0.360 e. The molecule has 0 rings (SSSR count). The molecule has 0 saturated carbocycles. The van der Waals surface area contributed by atoms with Crippen LogP contribution in [0.15, 0.2) is 4.99 Å².